The number of nitrogens with zero attached hydrogens (tertiary/aromatic N) is 2. The smallest absolute Gasteiger partial charge is 0.0759 e. The third-order valence-corrected chi connectivity index (χ3v) is 3.01. The van der Waals surface area contributed by atoms with Gasteiger partial charge in [0.25, 0.3) is 0 Å². The van der Waals surface area contributed by atoms with Crippen LogP contribution in [0.15, 0.2) is 36.8 Å². The van der Waals surface area contributed by atoms with E-state index < -0.39 is 0 Å². The number of hydrogen-bond donors (Lipinski definition) is 1. The van der Waals surface area contributed by atoms with Crippen molar-refractivity contribution >= 4 is 0 Å². The van der Waals surface area contributed by atoms with E-state index in [0.29, 0.717) is 0 Å². The highest BCUT2D eigenvalue weighted by Crippen LogP contribution is 2.17. The van der Waals surface area contributed by atoms with E-state index in [1.165, 1.54) is 16.7 Å². The molecule has 2 rings (SSSR count). The molecule has 0 aliphatic rings. The Morgan fingerprint density at radius 2 is 1.83 bits per heavy atom. The Balaban J connectivity index is 2.20. The van der Waals surface area contributed by atoms with Crippen LogP contribution in [0.2, 0.25) is 0 Å². The van der Waals surface area contributed by atoms with Crippen LogP contribution in [-0.4, -0.2) is 17.0 Å². The molecule has 1 heterocycles. The van der Waals surface area contributed by atoms with Gasteiger partial charge in [0, 0.05) is 18.6 Å². The fourth-order valence-corrected chi connectivity index (χ4v) is 2.27. The van der Waals surface area contributed by atoms with Gasteiger partial charge in [-0.05, 0) is 32.9 Å². The number of aromatic nitrogens is 2. The topological polar surface area (TPSA) is 37.8 Å². The van der Waals surface area contributed by atoms with Gasteiger partial charge in [0.1, 0.15) is 0 Å². The maximum Gasteiger partial charge on any atom is 0.0759 e. The first-order valence-electron chi connectivity index (χ1n) is 6.19. The summed E-state index contributed by atoms with van der Waals surface area (Å²) in [4.78, 5) is 8.49. The predicted octanol–water partition coefficient (Wildman–Crippen LogP) is 2.60. The molecular formula is C15H19N3. The second-order valence-electron chi connectivity index (χ2n) is 4.67. The van der Waals surface area contributed by atoms with Gasteiger partial charge in [-0.2, -0.15) is 0 Å². The van der Waals surface area contributed by atoms with Crippen molar-refractivity contribution in [3.05, 3.63) is 59.2 Å². The summed E-state index contributed by atoms with van der Waals surface area (Å²) in [5.41, 5.74) is 4.93. The van der Waals surface area contributed by atoms with Gasteiger partial charge in [0.05, 0.1) is 11.7 Å². The van der Waals surface area contributed by atoms with E-state index in [1.807, 2.05) is 13.2 Å². The van der Waals surface area contributed by atoms with Gasteiger partial charge in [-0.15, -0.1) is 0 Å². The number of nitrogens with one attached hydrogen (secondary N) is 1. The highest BCUT2D eigenvalue weighted by atomic mass is 14.9. The summed E-state index contributed by atoms with van der Waals surface area (Å²) in [6.45, 7) is 4.26. The largest absolute Gasteiger partial charge is 0.311 e. The third-order valence-electron chi connectivity index (χ3n) is 3.01. The van der Waals surface area contributed by atoms with E-state index in [4.69, 9.17) is 0 Å². The van der Waals surface area contributed by atoms with Crippen molar-refractivity contribution in [3.63, 3.8) is 0 Å². The lowest BCUT2D eigenvalue weighted by atomic mass is 10.00. The van der Waals surface area contributed by atoms with Crippen LogP contribution in [0.1, 0.15) is 28.4 Å². The molecule has 1 aromatic heterocycles. The number of hydrogen-bond acceptors (Lipinski definition) is 3. The van der Waals surface area contributed by atoms with Crippen molar-refractivity contribution < 1.29 is 0 Å². The second-order valence-corrected chi connectivity index (χ2v) is 4.67. The van der Waals surface area contributed by atoms with Gasteiger partial charge in [-0.3, -0.25) is 9.97 Å². The van der Waals surface area contributed by atoms with E-state index in [-0.39, 0.29) is 6.04 Å². The van der Waals surface area contributed by atoms with Gasteiger partial charge < -0.3 is 5.32 Å². The Hall–Kier alpha value is -1.74. The molecule has 1 atom stereocenters. The average Bonchev–Trinajstić information content (AvgIpc) is 2.36. The highest BCUT2D eigenvalue weighted by Gasteiger charge is 2.11. The van der Waals surface area contributed by atoms with Gasteiger partial charge >= 0.3 is 0 Å². The minimum Gasteiger partial charge on any atom is -0.311 e. The molecule has 0 amide bonds. The number of benzene rings is 1. The predicted molar refractivity (Wildman–Crippen MR) is 73.5 cm³/mol. The third kappa shape index (κ3) is 3.14. The molecule has 0 radical (unpaired) electrons. The standard InChI is InChI=1S/C15H19N3/c1-11-6-12(2)8-13(7-11)9-14(16-3)15-10-17-4-5-18-15/h4-8,10,14,16H,9H2,1-3H3. The zero-order chi connectivity index (χ0) is 13.0. The van der Waals surface area contributed by atoms with Crippen LogP contribution in [0.25, 0.3) is 0 Å². The highest BCUT2D eigenvalue weighted by molar-refractivity contribution is 5.29. The van der Waals surface area contributed by atoms with Crippen molar-refractivity contribution in [2.75, 3.05) is 7.05 Å². The Morgan fingerprint density at radius 1 is 1.11 bits per heavy atom. The first-order valence-corrected chi connectivity index (χ1v) is 6.19. The number of likely N-dealkylation sites (N-methyl/N-ethyl adjacent to an activating group) is 1. The molecule has 1 unspecified atom stereocenters. The molecule has 0 aliphatic carbocycles. The molecule has 1 N–H and O–H groups in total. The lowest BCUT2D eigenvalue weighted by molar-refractivity contribution is 0.573. The lowest BCUT2D eigenvalue weighted by Crippen LogP contribution is -2.20. The summed E-state index contributed by atoms with van der Waals surface area (Å²) in [6.07, 6.45) is 6.19. The lowest BCUT2D eigenvalue weighted by Gasteiger charge is -2.16. The van der Waals surface area contributed by atoms with E-state index in [1.54, 1.807) is 12.4 Å². The number of aryl methyl sites for hydroxylation is 2. The van der Waals surface area contributed by atoms with Gasteiger partial charge in [0.2, 0.25) is 0 Å². The van der Waals surface area contributed by atoms with Crippen LogP contribution in [0.4, 0.5) is 0 Å². The first kappa shape index (κ1) is 12.7. The van der Waals surface area contributed by atoms with E-state index >= 15 is 0 Å². The van der Waals surface area contributed by atoms with E-state index in [0.717, 1.165) is 12.1 Å². The molecule has 0 fully saturated rings. The van der Waals surface area contributed by atoms with Crippen molar-refractivity contribution in [2.24, 2.45) is 0 Å². The fraction of sp³-hybridized carbons (Fsp3) is 0.333. The van der Waals surface area contributed by atoms with Gasteiger partial charge in [0.15, 0.2) is 0 Å². The van der Waals surface area contributed by atoms with Gasteiger partial charge in [-0.25, -0.2) is 0 Å². The zero-order valence-corrected chi connectivity index (χ0v) is 11.1. The Kier molecular flexibility index (Phi) is 4.05. The Labute approximate surface area is 108 Å². The van der Waals surface area contributed by atoms with Crippen LogP contribution in [-0.2, 0) is 6.42 Å². The number of rotatable bonds is 4. The Bertz CT molecular complexity index is 488. The van der Waals surface area contributed by atoms with Crippen molar-refractivity contribution in [2.45, 2.75) is 26.3 Å². The summed E-state index contributed by atoms with van der Waals surface area (Å²) in [5, 5.41) is 3.30. The Morgan fingerprint density at radius 3 is 2.39 bits per heavy atom. The molecule has 0 saturated heterocycles. The molecule has 94 valence electrons. The zero-order valence-electron chi connectivity index (χ0n) is 11.1. The second kappa shape index (κ2) is 5.74. The average molecular weight is 241 g/mol. The van der Waals surface area contributed by atoms with Crippen LogP contribution < -0.4 is 5.32 Å². The summed E-state index contributed by atoms with van der Waals surface area (Å²) in [7, 11) is 1.96. The monoisotopic (exact) mass is 241 g/mol. The van der Waals surface area contributed by atoms with E-state index in [2.05, 4.69) is 47.3 Å². The molecule has 3 heteroatoms. The normalized spacial score (nSPS) is 12.4. The van der Waals surface area contributed by atoms with E-state index in [9.17, 15) is 0 Å². The summed E-state index contributed by atoms with van der Waals surface area (Å²) in [5.74, 6) is 0. The first-order chi connectivity index (χ1) is 8.69. The molecule has 2 aromatic rings. The SMILES string of the molecule is CNC(Cc1cc(C)cc(C)c1)c1cnccn1. The van der Waals surface area contributed by atoms with Crippen LogP contribution in [0, 0.1) is 13.8 Å². The van der Waals surface area contributed by atoms with Crippen LogP contribution >= 0.6 is 0 Å². The molecule has 0 saturated carbocycles. The summed E-state index contributed by atoms with van der Waals surface area (Å²) in [6, 6.07) is 6.86. The molecule has 3 nitrogen and oxygen atoms in total. The van der Waals surface area contributed by atoms with Crippen LogP contribution in [0.5, 0.6) is 0 Å². The molecule has 0 aliphatic heterocycles. The summed E-state index contributed by atoms with van der Waals surface area (Å²) >= 11 is 0. The van der Waals surface area contributed by atoms with Crippen molar-refractivity contribution in [1.82, 2.24) is 15.3 Å². The maximum atomic E-state index is 4.37. The van der Waals surface area contributed by atoms with Crippen LogP contribution in [0.3, 0.4) is 0 Å². The minimum absolute atomic E-state index is 0.208. The van der Waals surface area contributed by atoms with Gasteiger partial charge in [-0.1, -0.05) is 29.3 Å². The molecule has 18 heavy (non-hydrogen) atoms. The summed E-state index contributed by atoms with van der Waals surface area (Å²) < 4.78 is 0. The quantitative estimate of drug-likeness (QED) is 0.894. The fourth-order valence-electron chi connectivity index (χ4n) is 2.27. The molecular weight excluding hydrogens is 222 g/mol. The minimum atomic E-state index is 0.208. The maximum absolute atomic E-state index is 4.37. The molecule has 0 spiro atoms. The molecule has 0 bridgehead atoms. The molecule has 1 aromatic carbocycles. The van der Waals surface area contributed by atoms with Crippen molar-refractivity contribution in [1.29, 1.82) is 0 Å². The van der Waals surface area contributed by atoms with Crippen molar-refractivity contribution in [3.8, 4) is 0 Å².